The lowest BCUT2D eigenvalue weighted by Gasteiger charge is -2.25. The maximum Gasteiger partial charge on any atom is 0.306 e. The molecule has 0 aliphatic heterocycles. The van der Waals surface area contributed by atoms with Crippen molar-refractivity contribution in [3.63, 3.8) is 0 Å². The van der Waals surface area contributed by atoms with Gasteiger partial charge in [-0.3, -0.25) is 24.5 Å². The van der Waals surface area contributed by atoms with Crippen molar-refractivity contribution < 1.29 is 33.5 Å². The summed E-state index contributed by atoms with van der Waals surface area (Å²) < 4.78 is 14.8. The SMILES string of the molecule is CCOC(=O)C[C@H](c1ccc([N+](=O)[O-])cc1)[C@@H](NC(=O)COCCOC)C(N)=O. The fourth-order valence-corrected chi connectivity index (χ4v) is 2.56. The number of amides is 2. The van der Waals surface area contributed by atoms with Gasteiger partial charge in [-0.15, -0.1) is 0 Å². The molecule has 0 fully saturated rings. The monoisotopic (exact) mass is 411 g/mol. The predicted molar refractivity (Wildman–Crippen MR) is 101 cm³/mol. The summed E-state index contributed by atoms with van der Waals surface area (Å²) in [7, 11) is 1.48. The Morgan fingerprint density at radius 1 is 1.21 bits per heavy atom. The average Bonchev–Trinajstić information content (AvgIpc) is 2.68. The van der Waals surface area contributed by atoms with Crippen molar-refractivity contribution in [1.29, 1.82) is 0 Å². The van der Waals surface area contributed by atoms with E-state index in [-0.39, 0.29) is 31.9 Å². The fraction of sp³-hybridized carbons (Fsp3) is 0.500. The van der Waals surface area contributed by atoms with Gasteiger partial charge in [-0.1, -0.05) is 12.1 Å². The van der Waals surface area contributed by atoms with Gasteiger partial charge in [-0.25, -0.2) is 0 Å². The number of non-ortho nitro benzene ring substituents is 1. The van der Waals surface area contributed by atoms with Crippen LogP contribution >= 0.6 is 0 Å². The number of hydrogen-bond donors (Lipinski definition) is 2. The van der Waals surface area contributed by atoms with Crippen LogP contribution in [0, 0.1) is 10.1 Å². The van der Waals surface area contributed by atoms with Crippen LogP contribution in [0.1, 0.15) is 24.8 Å². The molecule has 3 N–H and O–H groups in total. The number of esters is 1. The van der Waals surface area contributed by atoms with E-state index in [1.165, 1.54) is 31.4 Å². The van der Waals surface area contributed by atoms with Gasteiger partial charge in [0.05, 0.1) is 31.2 Å². The number of hydrogen-bond acceptors (Lipinski definition) is 8. The molecular weight excluding hydrogens is 386 g/mol. The van der Waals surface area contributed by atoms with E-state index in [4.69, 9.17) is 19.9 Å². The Kier molecular flexibility index (Phi) is 10.3. The number of carbonyl (C=O) groups is 3. The van der Waals surface area contributed by atoms with Crippen LogP contribution in [0.4, 0.5) is 5.69 Å². The summed E-state index contributed by atoms with van der Waals surface area (Å²) in [6.07, 6.45) is -0.260. The number of benzene rings is 1. The Bertz CT molecular complexity index is 708. The quantitative estimate of drug-likeness (QED) is 0.202. The number of nitro groups is 1. The maximum atomic E-state index is 12.1. The molecule has 11 nitrogen and oxygen atoms in total. The molecule has 0 unspecified atom stereocenters. The van der Waals surface area contributed by atoms with Gasteiger partial charge in [0, 0.05) is 25.2 Å². The Morgan fingerprint density at radius 2 is 1.86 bits per heavy atom. The van der Waals surface area contributed by atoms with Gasteiger partial charge in [0.15, 0.2) is 0 Å². The molecule has 11 heteroatoms. The summed E-state index contributed by atoms with van der Waals surface area (Å²) in [4.78, 5) is 46.5. The van der Waals surface area contributed by atoms with Gasteiger partial charge >= 0.3 is 5.97 Å². The van der Waals surface area contributed by atoms with E-state index >= 15 is 0 Å². The molecule has 0 aromatic heterocycles. The van der Waals surface area contributed by atoms with Gasteiger partial charge in [0.1, 0.15) is 12.6 Å². The number of primary amides is 1. The van der Waals surface area contributed by atoms with Crippen molar-refractivity contribution in [3.05, 3.63) is 39.9 Å². The van der Waals surface area contributed by atoms with Gasteiger partial charge in [0.2, 0.25) is 11.8 Å². The van der Waals surface area contributed by atoms with Gasteiger partial charge in [0.25, 0.3) is 5.69 Å². The van der Waals surface area contributed by atoms with Crippen molar-refractivity contribution in [2.75, 3.05) is 33.5 Å². The molecule has 2 amide bonds. The molecule has 0 bridgehead atoms. The summed E-state index contributed by atoms with van der Waals surface area (Å²) >= 11 is 0. The summed E-state index contributed by atoms with van der Waals surface area (Å²) in [5, 5.41) is 13.3. The number of nitro benzene ring substituents is 1. The molecule has 2 atom stereocenters. The molecule has 1 rings (SSSR count). The molecule has 0 spiro atoms. The smallest absolute Gasteiger partial charge is 0.306 e. The Balaban J connectivity index is 3.04. The predicted octanol–water partition coefficient (Wildman–Crippen LogP) is 0.265. The molecule has 0 saturated heterocycles. The average molecular weight is 411 g/mol. The standard InChI is InChI=1S/C18H25N3O8/c1-3-29-16(23)10-14(12-4-6-13(7-5-12)21(25)26)17(18(19)24)20-15(22)11-28-9-8-27-2/h4-7,14,17H,3,8-11H2,1-2H3,(H2,19,24)(H,20,22)/t14-,17-/m1/s1. The van der Waals surface area contributed by atoms with Crippen LogP contribution in [0.3, 0.4) is 0 Å². The minimum atomic E-state index is -1.25. The van der Waals surface area contributed by atoms with Crippen LogP contribution < -0.4 is 11.1 Å². The lowest BCUT2D eigenvalue weighted by atomic mass is 9.87. The normalized spacial score (nSPS) is 12.6. The fourth-order valence-electron chi connectivity index (χ4n) is 2.56. The van der Waals surface area contributed by atoms with Crippen molar-refractivity contribution in [2.24, 2.45) is 5.73 Å². The van der Waals surface area contributed by atoms with E-state index in [0.717, 1.165) is 0 Å². The molecule has 1 aromatic rings. The molecule has 160 valence electrons. The third kappa shape index (κ3) is 8.23. The second-order valence-electron chi connectivity index (χ2n) is 5.96. The van der Waals surface area contributed by atoms with Crippen LogP contribution in [0.25, 0.3) is 0 Å². The zero-order chi connectivity index (χ0) is 21.8. The highest BCUT2D eigenvalue weighted by Gasteiger charge is 2.32. The van der Waals surface area contributed by atoms with Crippen LogP contribution in [0.15, 0.2) is 24.3 Å². The van der Waals surface area contributed by atoms with Gasteiger partial charge in [-0.05, 0) is 12.5 Å². The minimum Gasteiger partial charge on any atom is -0.466 e. The summed E-state index contributed by atoms with van der Waals surface area (Å²) in [5.74, 6) is -2.97. The Hall–Kier alpha value is -3.05. The van der Waals surface area contributed by atoms with Crippen molar-refractivity contribution in [3.8, 4) is 0 Å². The maximum absolute atomic E-state index is 12.1. The van der Waals surface area contributed by atoms with Crippen LogP contribution in [-0.4, -0.2) is 62.3 Å². The number of nitrogens with one attached hydrogen (secondary N) is 1. The zero-order valence-electron chi connectivity index (χ0n) is 16.3. The molecule has 29 heavy (non-hydrogen) atoms. The van der Waals surface area contributed by atoms with Crippen molar-refractivity contribution >= 4 is 23.5 Å². The lowest BCUT2D eigenvalue weighted by molar-refractivity contribution is -0.384. The zero-order valence-corrected chi connectivity index (χ0v) is 16.3. The second-order valence-corrected chi connectivity index (χ2v) is 5.96. The molecule has 0 radical (unpaired) electrons. The molecule has 1 aromatic carbocycles. The van der Waals surface area contributed by atoms with E-state index in [1.54, 1.807) is 6.92 Å². The first-order chi connectivity index (χ1) is 13.8. The van der Waals surface area contributed by atoms with E-state index < -0.39 is 34.7 Å². The van der Waals surface area contributed by atoms with Crippen LogP contribution in [0.5, 0.6) is 0 Å². The summed E-state index contributed by atoms with van der Waals surface area (Å²) in [6, 6.07) is 4.03. The van der Waals surface area contributed by atoms with Gasteiger partial charge in [-0.2, -0.15) is 0 Å². The minimum absolute atomic E-state index is 0.132. The molecule has 0 aliphatic rings. The molecule has 0 aliphatic carbocycles. The second kappa shape index (κ2) is 12.4. The van der Waals surface area contributed by atoms with E-state index in [9.17, 15) is 24.5 Å². The third-order valence-electron chi connectivity index (χ3n) is 3.91. The Morgan fingerprint density at radius 3 is 2.38 bits per heavy atom. The highest BCUT2D eigenvalue weighted by atomic mass is 16.6. The number of carbonyl (C=O) groups excluding carboxylic acids is 3. The first-order valence-electron chi connectivity index (χ1n) is 8.85. The highest BCUT2D eigenvalue weighted by Crippen LogP contribution is 2.26. The van der Waals surface area contributed by atoms with Gasteiger partial charge < -0.3 is 25.3 Å². The number of nitrogens with two attached hydrogens (primary N) is 1. The first-order valence-corrected chi connectivity index (χ1v) is 8.85. The van der Waals surface area contributed by atoms with E-state index in [2.05, 4.69) is 5.32 Å². The third-order valence-corrected chi connectivity index (χ3v) is 3.91. The summed E-state index contributed by atoms with van der Waals surface area (Å²) in [6.45, 7) is 1.90. The van der Waals surface area contributed by atoms with Crippen molar-refractivity contribution in [2.45, 2.75) is 25.3 Å². The van der Waals surface area contributed by atoms with Crippen LogP contribution in [-0.2, 0) is 28.6 Å². The number of methoxy groups -OCH3 is 1. The largest absolute Gasteiger partial charge is 0.466 e. The Labute approximate surface area is 167 Å². The van der Waals surface area contributed by atoms with E-state index in [1.807, 2.05) is 0 Å². The van der Waals surface area contributed by atoms with E-state index in [0.29, 0.717) is 12.2 Å². The number of ether oxygens (including phenoxy) is 3. The topological polar surface area (TPSA) is 160 Å². The highest BCUT2D eigenvalue weighted by molar-refractivity contribution is 5.88. The molecular formula is C18H25N3O8. The first kappa shape index (κ1) is 24.0. The molecule has 0 saturated carbocycles. The molecule has 0 heterocycles. The van der Waals surface area contributed by atoms with Crippen LogP contribution in [0.2, 0.25) is 0 Å². The number of nitrogens with zero attached hydrogens (tertiary/aromatic N) is 1. The lowest BCUT2D eigenvalue weighted by Crippen LogP contribution is -2.49. The summed E-state index contributed by atoms with van der Waals surface area (Å²) in [5.41, 5.74) is 5.71. The van der Waals surface area contributed by atoms with Crippen molar-refractivity contribution in [1.82, 2.24) is 5.32 Å². The number of rotatable bonds is 13.